The van der Waals surface area contributed by atoms with E-state index in [1.165, 1.54) is 17.6 Å². The number of hydrogen-bond acceptors (Lipinski definition) is 6. The number of carbonyl (C=O) groups is 2. The van der Waals surface area contributed by atoms with E-state index in [4.69, 9.17) is 4.42 Å². The molecule has 0 saturated heterocycles. The molecular formula is C23H23N5O3S. The molecule has 0 bridgehead atoms. The van der Waals surface area contributed by atoms with Crippen LogP contribution in [0, 0.1) is 6.92 Å². The van der Waals surface area contributed by atoms with E-state index in [2.05, 4.69) is 15.7 Å². The standard InChI is InChI=1S/C23H23N5O3S/c1-15-13-20(26-22(29)18-5-4-12-31-18)32-21(15)23(30)25-19-10-11-24-28(19)14-16-6-8-17(9-7-16)27(2)3/h4-13H,14H2,1-3H3,(H,25,30)(H,26,29). The number of hydrogen-bond donors (Lipinski definition) is 2. The summed E-state index contributed by atoms with van der Waals surface area (Å²) in [6, 6.07) is 14.9. The molecule has 0 fully saturated rings. The minimum Gasteiger partial charge on any atom is -0.459 e. The number of nitrogens with zero attached hydrogens (tertiary/aromatic N) is 3. The molecule has 0 spiro atoms. The average molecular weight is 450 g/mol. The number of benzene rings is 1. The van der Waals surface area contributed by atoms with E-state index in [9.17, 15) is 9.59 Å². The average Bonchev–Trinajstić information content (AvgIpc) is 3.51. The van der Waals surface area contributed by atoms with Gasteiger partial charge in [-0.05, 0) is 48.4 Å². The van der Waals surface area contributed by atoms with Crippen molar-refractivity contribution in [3.05, 3.63) is 82.8 Å². The summed E-state index contributed by atoms with van der Waals surface area (Å²) in [6.45, 7) is 2.36. The maximum absolute atomic E-state index is 12.9. The van der Waals surface area contributed by atoms with Gasteiger partial charge in [0.1, 0.15) is 5.82 Å². The number of furan rings is 1. The number of anilines is 3. The lowest BCUT2D eigenvalue weighted by Gasteiger charge is -2.13. The second-order valence-electron chi connectivity index (χ2n) is 7.44. The van der Waals surface area contributed by atoms with Crippen LogP contribution in [-0.2, 0) is 6.54 Å². The number of rotatable bonds is 7. The van der Waals surface area contributed by atoms with E-state index in [1.54, 1.807) is 35.1 Å². The molecular weight excluding hydrogens is 426 g/mol. The zero-order chi connectivity index (χ0) is 22.7. The van der Waals surface area contributed by atoms with Crippen LogP contribution in [0.25, 0.3) is 0 Å². The van der Waals surface area contributed by atoms with Crippen molar-refractivity contribution in [3.63, 3.8) is 0 Å². The summed E-state index contributed by atoms with van der Waals surface area (Å²) in [4.78, 5) is 27.6. The Hall–Kier alpha value is -3.85. The SMILES string of the molecule is Cc1cc(NC(=O)c2ccco2)sc1C(=O)Nc1ccnn1Cc1ccc(N(C)C)cc1. The summed E-state index contributed by atoms with van der Waals surface area (Å²) in [5, 5.41) is 10.6. The third-order valence-electron chi connectivity index (χ3n) is 4.85. The summed E-state index contributed by atoms with van der Waals surface area (Å²) >= 11 is 1.21. The fraction of sp³-hybridized carbons (Fsp3) is 0.174. The van der Waals surface area contributed by atoms with Crippen molar-refractivity contribution in [2.75, 3.05) is 29.6 Å². The van der Waals surface area contributed by atoms with Gasteiger partial charge in [-0.3, -0.25) is 9.59 Å². The maximum Gasteiger partial charge on any atom is 0.291 e. The van der Waals surface area contributed by atoms with Gasteiger partial charge in [-0.2, -0.15) is 5.10 Å². The normalized spacial score (nSPS) is 10.7. The molecule has 4 rings (SSSR count). The highest BCUT2D eigenvalue weighted by Gasteiger charge is 2.18. The highest BCUT2D eigenvalue weighted by molar-refractivity contribution is 7.18. The molecule has 0 radical (unpaired) electrons. The fourth-order valence-electron chi connectivity index (χ4n) is 3.16. The molecule has 2 amide bonds. The molecule has 3 heterocycles. The van der Waals surface area contributed by atoms with Crippen molar-refractivity contribution in [3.8, 4) is 0 Å². The molecule has 0 unspecified atom stereocenters. The van der Waals surface area contributed by atoms with E-state index in [1.807, 2.05) is 50.2 Å². The predicted octanol–water partition coefficient (Wildman–Crippen LogP) is 4.46. The quantitative estimate of drug-likeness (QED) is 0.434. The van der Waals surface area contributed by atoms with E-state index in [-0.39, 0.29) is 17.6 Å². The maximum atomic E-state index is 12.9. The van der Waals surface area contributed by atoms with E-state index < -0.39 is 0 Å². The Morgan fingerprint density at radius 1 is 1.09 bits per heavy atom. The summed E-state index contributed by atoms with van der Waals surface area (Å²) < 4.78 is 6.84. The van der Waals surface area contributed by atoms with E-state index >= 15 is 0 Å². The second-order valence-corrected chi connectivity index (χ2v) is 8.50. The molecule has 0 aliphatic rings. The van der Waals surface area contributed by atoms with Crippen LogP contribution in [0.1, 0.15) is 31.4 Å². The van der Waals surface area contributed by atoms with Gasteiger partial charge in [0.25, 0.3) is 11.8 Å². The van der Waals surface area contributed by atoms with Crippen LogP contribution in [0.3, 0.4) is 0 Å². The minimum atomic E-state index is -0.360. The molecule has 1 aromatic carbocycles. The number of carbonyl (C=O) groups excluding carboxylic acids is 2. The van der Waals surface area contributed by atoms with Crippen molar-refractivity contribution >= 4 is 39.7 Å². The minimum absolute atomic E-state index is 0.213. The largest absolute Gasteiger partial charge is 0.459 e. The third-order valence-corrected chi connectivity index (χ3v) is 6.00. The van der Waals surface area contributed by atoms with Gasteiger partial charge in [0.05, 0.1) is 28.9 Å². The first-order valence-electron chi connectivity index (χ1n) is 9.95. The number of aromatic nitrogens is 2. The first kappa shape index (κ1) is 21.4. The Morgan fingerprint density at radius 2 is 1.88 bits per heavy atom. The molecule has 0 aliphatic carbocycles. The first-order valence-corrected chi connectivity index (χ1v) is 10.8. The van der Waals surface area contributed by atoms with E-state index in [0.717, 1.165) is 16.8 Å². The molecule has 0 atom stereocenters. The van der Waals surface area contributed by atoms with Crippen LogP contribution in [0.5, 0.6) is 0 Å². The summed E-state index contributed by atoms with van der Waals surface area (Å²) in [7, 11) is 3.99. The van der Waals surface area contributed by atoms with Gasteiger partial charge in [0.2, 0.25) is 0 Å². The second kappa shape index (κ2) is 9.11. The Labute approximate surface area is 189 Å². The van der Waals surface area contributed by atoms with Gasteiger partial charge in [-0.1, -0.05) is 12.1 Å². The highest BCUT2D eigenvalue weighted by Crippen LogP contribution is 2.28. The van der Waals surface area contributed by atoms with Crippen molar-refractivity contribution in [1.82, 2.24) is 9.78 Å². The summed E-state index contributed by atoms with van der Waals surface area (Å²) in [5.74, 6) is 0.197. The highest BCUT2D eigenvalue weighted by atomic mass is 32.1. The lowest BCUT2D eigenvalue weighted by Crippen LogP contribution is -2.16. The molecule has 32 heavy (non-hydrogen) atoms. The molecule has 4 aromatic rings. The van der Waals surface area contributed by atoms with Gasteiger partial charge in [-0.25, -0.2) is 4.68 Å². The molecule has 0 saturated carbocycles. The first-order chi connectivity index (χ1) is 15.4. The molecule has 8 nitrogen and oxygen atoms in total. The van der Waals surface area contributed by atoms with Gasteiger partial charge < -0.3 is 20.0 Å². The van der Waals surface area contributed by atoms with Crippen LogP contribution in [0.15, 0.2) is 65.4 Å². The lowest BCUT2D eigenvalue weighted by atomic mass is 10.2. The van der Waals surface area contributed by atoms with Crippen LogP contribution in [0.2, 0.25) is 0 Å². The van der Waals surface area contributed by atoms with Crippen molar-refractivity contribution in [2.45, 2.75) is 13.5 Å². The molecule has 164 valence electrons. The molecule has 3 aromatic heterocycles. The summed E-state index contributed by atoms with van der Waals surface area (Å²) in [5.41, 5.74) is 2.96. The van der Waals surface area contributed by atoms with E-state index in [0.29, 0.717) is 22.2 Å². The van der Waals surface area contributed by atoms with Gasteiger partial charge in [0.15, 0.2) is 5.76 Å². The zero-order valence-corrected chi connectivity index (χ0v) is 18.8. The Morgan fingerprint density at radius 3 is 2.56 bits per heavy atom. The summed E-state index contributed by atoms with van der Waals surface area (Å²) in [6.07, 6.45) is 3.09. The van der Waals surface area contributed by atoms with Crippen LogP contribution < -0.4 is 15.5 Å². The molecule has 2 N–H and O–H groups in total. The van der Waals surface area contributed by atoms with Crippen LogP contribution in [-0.4, -0.2) is 35.7 Å². The monoisotopic (exact) mass is 449 g/mol. The third kappa shape index (κ3) is 4.73. The van der Waals surface area contributed by atoms with Crippen molar-refractivity contribution in [1.29, 1.82) is 0 Å². The Balaban J connectivity index is 1.44. The smallest absolute Gasteiger partial charge is 0.291 e. The van der Waals surface area contributed by atoms with Crippen LogP contribution in [0.4, 0.5) is 16.5 Å². The molecule has 0 aliphatic heterocycles. The fourth-order valence-corrected chi connectivity index (χ4v) is 4.12. The molecule has 9 heteroatoms. The number of thiophene rings is 1. The van der Waals surface area contributed by atoms with Crippen LogP contribution >= 0.6 is 11.3 Å². The number of amides is 2. The Bertz CT molecular complexity index is 1220. The van der Waals surface area contributed by atoms with Gasteiger partial charge in [-0.15, -0.1) is 11.3 Å². The number of aryl methyl sites for hydroxylation is 1. The topological polar surface area (TPSA) is 92.4 Å². The lowest BCUT2D eigenvalue weighted by molar-refractivity contribution is 0.0995. The number of nitrogens with one attached hydrogen (secondary N) is 2. The van der Waals surface area contributed by atoms with Crippen molar-refractivity contribution < 1.29 is 14.0 Å². The predicted molar refractivity (Wildman–Crippen MR) is 126 cm³/mol. The Kier molecular flexibility index (Phi) is 6.09. The van der Waals surface area contributed by atoms with Crippen molar-refractivity contribution in [2.24, 2.45) is 0 Å². The van der Waals surface area contributed by atoms with Gasteiger partial charge in [0, 0.05) is 25.8 Å². The van der Waals surface area contributed by atoms with Gasteiger partial charge >= 0.3 is 0 Å². The zero-order valence-electron chi connectivity index (χ0n) is 18.0.